The zero-order valence-corrected chi connectivity index (χ0v) is 4.61. The molecule has 4 heteroatoms. The average molecular weight is 126 g/mol. The van der Waals surface area contributed by atoms with Crippen molar-refractivity contribution < 1.29 is 9.84 Å². The van der Waals surface area contributed by atoms with E-state index < -0.39 is 0 Å². The highest BCUT2D eigenvalue weighted by Crippen LogP contribution is 2.02. The highest BCUT2D eigenvalue weighted by Gasteiger charge is 1.98. The highest BCUT2D eigenvalue weighted by molar-refractivity contribution is 5.32. The number of hydrogen-bond acceptors (Lipinski definition) is 3. The Hall–Kier alpha value is -1.45. The molecule has 0 bridgehead atoms. The third-order valence-corrected chi connectivity index (χ3v) is 0.917. The Kier molecular flexibility index (Phi) is 1.14. The first-order valence-corrected chi connectivity index (χ1v) is 2.38. The fraction of sp³-hybridized carbons (Fsp3) is 0. The molecule has 1 heterocycles. The van der Waals surface area contributed by atoms with Crippen molar-refractivity contribution in [3.63, 3.8) is 0 Å². The van der Waals surface area contributed by atoms with Gasteiger partial charge in [-0.05, 0) is 6.07 Å². The number of pyridine rings is 1. The Morgan fingerprint density at radius 3 is 2.67 bits per heavy atom. The van der Waals surface area contributed by atoms with E-state index in [-0.39, 0.29) is 5.88 Å². The Morgan fingerprint density at radius 1 is 1.56 bits per heavy atom. The van der Waals surface area contributed by atoms with Gasteiger partial charge in [0.1, 0.15) is 0 Å². The Labute approximate surface area is 51.7 Å². The number of aromatic hydroxyl groups is 1. The largest absolute Gasteiger partial charge is 0.616 e. The molecule has 0 aliphatic rings. The van der Waals surface area contributed by atoms with E-state index in [0.29, 0.717) is 10.4 Å². The first-order valence-electron chi connectivity index (χ1n) is 2.38. The molecule has 4 nitrogen and oxygen atoms in total. The van der Waals surface area contributed by atoms with E-state index in [9.17, 15) is 5.21 Å². The lowest BCUT2D eigenvalue weighted by Crippen LogP contribution is -2.25. The third-order valence-electron chi connectivity index (χ3n) is 0.917. The van der Waals surface area contributed by atoms with Crippen LogP contribution in [0.2, 0.25) is 0 Å². The van der Waals surface area contributed by atoms with Crippen LogP contribution in [0.25, 0.3) is 0 Å². The molecular weight excluding hydrogens is 120 g/mol. The smallest absolute Gasteiger partial charge is 0.377 e. The van der Waals surface area contributed by atoms with Gasteiger partial charge in [0, 0.05) is 0 Å². The minimum Gasteiger partial charge on any atom is -0.616 e. The molecule has 3 N–H and O–H groups in total. The van der Waals surface area contributed by atoms with Crippen LogP contribution in [0.4, 0.5) is 5.69 Å². The molecular formula is C5H6N2O2. The number of anilines is 1. The summed E-state index contributed by atoms with van der Waals surface area (Å²) in [5.41, 5.74) is 5.53. The van der Waals surface area contributed by atoms with Crippen LogP contribution in [-0.2, 0) is 0 Å². The Bertz CT molecular complexity index is 224. The number of nitrogen functional groups attached to an aromatic ring is 1. The van der Waals surface area contributed by atoms with Gasteiger partial charge in [-0.25, -0.2) is 0 Å². The van der Waals surface area contributed by atoms with Gasteiger partial charge in [0.2, 0.25) is 6.20 Å². The van der Waals surface area contributed by atoms with Crippen molar-refractivity contribution in [2.75, 3.05) is 5.73 Å². The van der Waals surface area contributed by atoms with Gasteiger partial charge in [0.25, 0.3) is 0 Å². The molecule has 0 amide bonds. The van der Waals surface area contributed by atoms with E-state index in [1.54, 1.807) is 0 Å². The minimum atomic E-state index is -0.343. The first kappa shape index (κ1) is 5.68. The van der Waals surface area contributed by atoms with Crippen molar-refractivity contribution in [2.24, 2.45) is 0 Å². The molecule has 0 saturated heterocycles. The number of rotatable bonds is 0. The molecule has 0 fully saturated rings. The van der Waals surface area contributed by atoms with Crippen LogP contribution in [0.3, 0.4) is 0 Å². The van der Waals surface area contributed by atoms with Crippen molar-refractivity contribution in [1.29, 1.82) is 0 Å². The lowest BCUT2D eigenvalue weighted by Gasteiger charge is -1.96. The predicted octanol–water partition coefficient (Wildman–Crippen LogP) is -0.392. The normalized spacial score (nSPS) is 9.33. The van der Waals surface area contributed by atoms with Crippen molar-refractivity contribution in [2.45, 2.75) is 0 Å². The SMILES string of the molecule is Nc1ccc(O)[n+]([O-])c1. The highest BCUT2D eigenvalue weighted by atomic mass is 16.5. The molecule has 48 valence electrons. The Morgan fingerprint density at radius 2 is 2.22 bits per heavy atom. The fourth-order valence-corrected chi connectivity index (χ4v) is 0.489. The molecule has 0 unspecified atom stereocenters. The fourth-order valence-electron chi connectivity index (χ4n) is 0.489. The molecule has 0 spiro atoms. The van der Waals surface area contributed by atoms with Crippen LogP contribution in [-0.4, -0.2) is 5.11 Å². The van der Waals surface area contributed by atoms with Crippen molar-refractivity contribution in [3.8, 4) is 5.88 Å². The monoisotopic (exact) mass is 126 g/mol. The van der Waals surface area contributed by atoms with Crippen molar-refractivity contribution in [3.05, 3.63) is 23.5 Å². The average Bonchev–Trinajstić information content (AvgIpc) is 1.80. The van der Waals surface area contributed by atoms with Gasteiger partial charge >= 0.3 is 5.88 Å². The van der Waals surface area contributed by atoms with Gasteiger partial charge in [-0.1, -0.05) is 0 Å². The van der Waals surface area contributed by atoms with E-state index in [2.05, 4.69) is 0 Å². The number of aromatic nitrogens is 1. The maximum Gasteiger partial charge on any atom is 0.377 e. The van der Waals surface area contributed by atoms with Crippen LogP contribution in [0.1, 0.15) is 0 Å². The number of hydrogen-bond donors (Lipinski definition) is 2. The first-order chi connectivity index (χ1) is 4.20. The summed E-state index contributed by atoms with van der Waals surface area (Å²) in [5, 5.41) is 19.1. The lowest BCUT2D eigenvalue weighted by molar-refractivity contribution is -0.612. The van der Waals surface area contributed by atoms with E-state index in [1.807, 2.05) is 0 Å². The molecule has 0 radical (unpaired) electrons. The standard InChI is InChI=1S/C5H6N2O2/c6-4-1-2-5(8)7(9)3-4/h1-3,8H,6H2. The maximum atomic E-state index is 10.4. The van der Waals surface area contributed by atoms with Gasteiger partial charge in [0.05, 0.1) is 11.8 Å². The van der Waals surface area contributed by atoms with Crippen LogP contribution in [0.15, 0.2) is 18.3 Å². The minimum absolute atomic E-state index is 0.301. The Balaban J connectivity index is 3.17. The van der Waals surface area contributed by atoms with Gasteiger partial charge < -0.3 is 16.0 Å². The summed E-state index contributed by atoms with van der Waals surface area (Å²) in [6.07, 6.45) is 1.09. The van der Waals surface area contributed by atoms with E-state index >= 15 is 0 Å². The van der Waals surface area contributed by atoms with E-state index in [1.165, 1.54) is 12.1 Å². The van der Waals surface area contributed by atoms with E-state index in [4.69, 9.17) is 10.8 Å². The zero-order chi connectivity index (χ0) is 6.85. The maximum absolute atomic E-state index is 10.4. The number of nitrogens with two attached hydrogens (primary N) is 1. The summed E-state index contributed by atoms with van der Waals surface area (Å²) < 4.78 is 0.301. The predicted molar refractivity (Wildman–Crippen MR) is 31.5 cm³/mol. The molecule has 1 aromatic heterocycles. The van der Waals surface area contributed by atoms with Gasteiger partial charge in [0.15, 0.2) is 0 Å². The second-order valence-electron chi connectivity index (χ2n) is 1.65. The van der Waals surface area contributed by atoms with Crippen molar-refractivity contribution in [1.82, 2.24) is 0 Å². The molecule has 0 saturated carbocycles. The van der Waals surface area contributed by atoms with Gasteiger partial charge in [-0.15, -0.1) is 4.73 Å². The summed E-state index contributed by atoms with van der Waals surface area (Å²) in [6, 6.07) is 2.69. The van der Waals surface area contributed by atoms with Gasteiger partial charge in [-0.2, -0.15) is 0 Å². The second-order valence-corrected chi connectivity index (χ2v) is 1.65. The molecule has 1 rings (SSSR count). The third kappa shape index (κ3) is 1.02. The number of nitrogens with zero attached hydrogens (tertiary/aromatic N) is 1. The van der Waals surface area contributed by atoms with Gasteiger partial charge in [-0.3, -0.25) is 0 Å². The molecule has 9 heavy (non-hydrogen) atoms. The van der Waals surface area contributed by atoms with E-state index in [0.717, 1.165) is 6.20 Å². The van der Waals surface area contributed by atoms with Crippen LogP contribution >= 0.6 is 0 Å². The van der Waals surface area contributed by atoms with Crippen LogP contribution in [0.5, 0.6) is 5.88 Å². The second kappa shape index (κ2) is 1.81. The molecule has 0 aromatic carbocycles. The topological polar surface area (TPSA) is 73.2 Å². The van der Waals surface area contributed by atoms with Crippen molar-refractivity contribution >= 4 is 5.69 Å². The molecule has 0 atom stereocenters. The summed E-state index contributed by atoms with van der Waals surface area (Å²) >= 11 is 0. The molecule has 0 aliphatic heterocycles. The van der Waals surface area contributed by atoms with Crippen LogP contribution < -0.4 is 10.5 Å². The summed E-state index contributed by atoms with van der Waals surface area (Å²) in [6.45, 7) is 0. The molecule has 1 aromatic rings. The quantitative estimate of drug-likeness (QED) is 0.367. The summed E-state index contributed by atoms with van der Waals surface area (Å²) in [7, 11) is 0. The summed E-state index contributed by atoms with van der Waals surface area (Å²) in [4.78, 5) is 0. The summed E-state index contributed by atoms with van der Waals surface area (Å²) in [5.74, 6) is -0.343. The van der Waals surface area contributed by atoms with Crippen LogP contribution in [0, 0.1) is 5.21 Å². The molecule has 0 aliphatic carbocycles. The lowest BCUT2D eigenvalue weighted by atomic mass is 10.4. The zero-order valence-electron chi connectivity index (χ0n) is 4.61.